The Labute approximate surface area is 136 Å². The smallest absolute Gasteiger partial charge is 0.279 e. The summed E-state index contributed by atoms with van der Waals surface area (Å²) in [6.07, 6.45) is 0. The van der Waals surface area contributed by atoms with Gasteiger partial charge in [0.2, 0.25) is 5.91 Å². The third kappa shape index (κ3) is 3.31. The lowest BCUT2D eigenvalue weighted by molar-refractivity contribution is -0.122. The van der Waals surface area contributed by atoms with Crippen molar-refractivity contribution >= 4 is 34.2 Å². The number of nitrogens with one attached hydrogen (secondary N) is 2. The van der Waals surface area contributed by atoms with E-state index in [0.29, 0.717) is 5.75 Å². The van der Waals surface area contributed by atoms with E-state index >= 15 is 0 Å². The van der Waals surface area contributed by atoms with Gasteiger partial charge in [-0.25, -0.2) is 4.98 Å². The summed E-state index contributed by atoms with van der Waals surface area (Å²) >= 11 is 2.65. The van der Waals surface area contributed by atoms with E-state index in [9.17, 15) is 9.59 Å². The second-order valence-corrected chi connectivity index (χ2v) is 6.85. The molecule has 5 nitrogen and oxygen atoms in total. The van der Waals surface area contributed by atoms with E-state index in [2.05, 4.69) is 15.6 Å². The van der Waals surface area contributed by atoms with Gasteiger partial charge in [-0.2, -0.15) is 0 Å². The predicted molar refractivity (Wildman–Crippen MR) is 88.9 cm³/mol. The zero-order valence-corrected chi connectivity index (χ0v) is 13.5. The summed E-state index contributed by atoms with van der Waals surface area (Å²) in [4.78, 5) is 27.8. The fourth-order valence-electron chi connectivity index (χ4n) is 2.13. The van der Waals surface area contributed by atoms with Crippen LogP contribution in [0.3, 0.4) is 0 Å². The van der Waals surface area contributed by atoms with Crippen LogP contribution in [-0.4, -0.2) is 27.9 Å². The number of thiazole rings is 1. The van der Waals surface area contributed by atoms with E-state index in [1.165, 1.54) is 11.3 Å². The average molecular weight is 333 g/mol. The monoisotopic (exact) mass is 333 g/mol. The van der Waals surface area contributed by atoms with Gasteiger partial charge in [-0.15, -0.1) is 11.3 Å². The number of carbonyl (C=O) groups excluding carboxylic acids is 2. The Balaban J connectivity index is 1.65. The number of hydrogen-bond acceptors (Lipinski definition) is 5. The van der Waals surface area contributed by atoms with Crippen molar-refractivity contribution in [3.8, 4) is 11.3 Å². The van der Waals surface area contributed by atoms with E-state index in [0.717, 1.165) is 28.0 Å². The van der Waals surface area contributed by atoms with Crippen LogP contribution in [0.5, 0.6) is 0 Å². The Kier molecular flexibility index (Phi) is 4.44. The molecule has 2 aromatic rings. The van der Waals surface area contributed by atoms with Crippen molar-refractivity contribution < 1.29 is 9.59 Å². The maximum Gasteiger partial charge on any atom is 0.279 e. The van der Waals surface area contributed by atoms with Crippen molar-refractivity contribution in [2.45, 2.75) is 19.0 Å². The van der Waals surface area contributed by atoms with Crippen LogP contribution in [0, 0.1) is 0 Å². The van der Waals surface area contributed by atoms with Crippen molar-refractivity contribution in [3.63, 3.8) is 0 Å². The summed E-state index contributed by atoms with van der Waals surface area (Å²) < 4.78 is 0. The molecule has 2 heterocycles. The van der Waals surface area contributed by atoms with E-state index in [4.69, 9.17) is 0 Å². The summed E-state index contributed by atoms with van der Waals surface area (Å²) in [5.74, 6) is 0.312. The Morgan fingerprint density at radius 1 is 1.41 bits per heavy atom. The van der Waals surface area contributed by atoms with Gasteiger partial charge < -0.3 is 10.6 Å². The number of benzene rings is 1. The Morgan fingerprint density at radius 2 is 2.18 bits per heavy atom. The molecule has 3 rings (SSSR count). The number of rotatable bonds is 4. The van der Waals surface area contributed by atoms with Gasteiger partial charge in [0, 0.05) is 16.7 Å². The maximum atomic E-state index is 12.1. The van der Waals surface area contributed by atoms with Gasteiger partial charge in [-0.3, -0.25) is 9.59 Å². The van der Waals surface area contributed by atoms with Crippen LogP contribution in [0.2, 0.25) is 0 Å². The van der Waals surface area contributed by atoms with Gasteiger partial charge >= 0.3 is 0 Å². The van der Waals surface area contributed by atoms with Crippen LogP contribution in [0.1, 0.15) is 18.0 Å². The first-order valence-corrected chi connectivity index (χ1v) is 8.74. The van der Waals surface area contributed by atoms with Gasteiger partial charge in [0.05, 0.1) is 11.7 Å². The van der Waals surface area contributed by atoms with E-state index in [1.54, 1.807) is 0 Å². The zero-order chi connectivity index (χ0) is 15.5. The molecule has 0 saturated carbocycles. The molecular weight excluding hydrogens is 318 g/mol. The summed E-state index contributed by atoms with van der Waals surface area (Å²) in [5.41, 5.74) is 1.97. The number of hydrogen-bond donors (Lipinski definition) is 2. The Bertz CT molecular complexity index is 687. The van der Waals surface area contributed by atoms with Crippen LogP contribution in [-0.2, 0) is 4.79 Å². The van der Waals surface area contributed by atoms with Gasteiger partial charge in [0.25, 0.3) is 5.24 Å². The van der Waals surface area contributed by atoms with Crippen molar-refractivity contribution in [1.29, 1.82) is 0 Å². The molecule has 1 aromatic heterocycles. The molecule has 1 aliphatic heterocycles. The molecule has 1 aliphatic rings. The highest BCUT2D eigenvalue weighted by atomic mass is 32.2. The third-order valence-electron chi connectivity index (χ3n) is 3.31. The largest absolute Gasteiger partial charge is 0.345 e. The highest BCUT2D eigenvalue weighted by Gasteiger charge is 2.29. The molecule has 0 radical (unpaired) electrons. The lowest BCUT2D eigenvalue weighted by Crippen LogP contribution is -2.43. The lowest BCUT2D eigenvalue weighted by Gasteiger charge is -2.14. The van der Waals surface area contributed by atoms with Gasteiger partial charge in [0.1, 0.15) is 11.0 Å². The molecule has 2 amide bonds. The minimum absolute atomic E-state index is 0.145. The van der Waals surface area contributed by atoms with E-state index < -0.39 is 6.04 Å². The third-order valence-corrected chi connectivity index (χ3v) is 5.22. The zero-order valence-electron chi connectivity index (χ0n) is 11.9. The number of amides is 2. The topological polar surface area (TPSA) is 71.1 Å². The van der Waals surface area contributed by atoms with Crippen LogP contribution in [0.15, 0.2) is 35.7 Å². The summed E-state index contributed by atoms with van der Waals surface area (Å²) in [6.45, 7) is 1.90. The standard InChI is InChI=1S/C15H15N3O2S2/c1-9(16-13(19)12-8-22-15(20)18-12)14-17-11(7-21-14)10-5-3-2-4-6-10/h2-7,9,12H,8H2,1H3,(H,16,19)(H,18,20)/t9-,12+/m1/s1. The van der Waals surface area contributed by atoms with Crippen molar-refractivity contribution in [2.75, 3.05) is 5.75 Å². The number of nitrogens with zero attached hydrogens (tertiary/aromatic N) is 1. The molecule has 22 heavy (non-hydrogen) atoms. The Morgan fingerprint density at radius 3 is 2.86 bits per heavy atom. The van der Waals surface area contributed by atoms with Crippen molar-refractivity contribution in [3.05, 3.63) is 40.7 Å². The van der Waals surface area contributed by atoms with Crippen LogP contribution in [0.25, 0.3) is 11.3 Å². The number of thioether (sulfide) groups is 1. The van der Waals surface area contributed by atoms with Gasteiger partial charge in [-0.1, -0.05) is 42.1 Å². The first kappa shape index (κ1) is 15.1. The first-order valence-electron chi connectivity index (χ1n) is 6.88. The minimum atomic E-state index is -0.450. The molecule has 0 unspecified atom stereocenters. The number of carbonyl (C=O) groups is 2. The SMILES string of the molecule is C[C@@H](NC(=O)[C@@H]1CSC(=O)N1)c1nc(-c2ccccc2)cs1. The molecule has 2 N–H and O–H groups in total. The normalized spacial score (nSPS) is 18.8. The molecule has 114 valence electrons. The number of aromatic nitrogens is 1. The van der Waals surface area contributed by atoms with Crippen LogP contribution < -0.4 is 10.6 Å². The summed E-state index contributed by atoms with van der Waals surface area (Å²) in [7, 11) is 0. The highest BCUT2D eigenvalue weighted by molar-refractivity contribution is 8.14. The molecular formula is C15H15N3O2S2. The van der Waals surface area contributed by atoms with E-state index in [1.807, 2.05) is 42.6 Å². The average Bonchev–Trinajstić information content (AvgIpc) is 3.17. The molecule has 1 fully saturated rings. The quantitative estimate of drug-likeness (QED) is 0.902. The Hall–Kier alpha value is -1.86. The van der Waals surface area contributed by atoms with Crippen LogP contribution in [0.4, 0.5) is 4.79 Å². The maximum absolute atomic E-state index is 12.1. The highest BCUT2D eigenvalue weighted by Crippen LogP contribution is 2.25. The molecule has 1 aromatic carbocycles. The second-order valence-electron chi connectivity index (χ2n) is 4.96. The van der Waals surface area contributed by atoms with Crippen LogP contribution >= 0.6 is 23.1 Å². The summed E-state index contributed by atoms with van der Waals surface area (Å²) in [6, 6.07) is 9.29. The molecule has 1 saturated heterocycles. The molecule has 7 heteroatoms. The molecule has 0 spiro atoms. The molecule has 0 bridgehead atoms. The van der Waals surface area contributed by atoms with Crippen molar-refractivity contribution in [2.24, 2.45) is 0 Å². The van der Waals surface area contributed by atoms with E-state index in [-0.39, 0.29) is 17.2 Å². The molecule has 2 atom stereocenters. The first-order chi connectivity index (χ1) is 10.6. The van der Waals surface area contributed by atoms with Gasteiger partial charge in [0.15, 0.2) is 0 Å². The predicted octanol–water partition coefficient (Wildman–Crippen LogP) is 2.81. The van der Waals surface area contributed by atoms with Crippen molar-refractivity contribution in [1.82, 2.24) is 15.6 Å². The van der Waals surface area contributed by atoms with Gasteiger partial charge in [-0.05, 0) is 6.92 Å². The fraction of sp³-hybridized carbons (Fsp3) is 0.267. The second kappa shape index (κ2) is 6.50. The summed E-state index contributed by atoms with van der Waals surface area (Å²) in [5, 5.41) is 8.23. The minimum Gasteiger partial charge on any atom is -0.345 e. The lowest BCUT2D eigenvalue weighted by atomic mass is 10.2. The fourth-order valence-corrected chi connectivity index (χ4v) is 3.74. The molecule has 0 aliphatic carbocycles.